The number of nitrogens with two attached hydrogens (primary N) is 2. The maximum atomic E-state index is 13.5. The Morgan fingerprint density at radius 3 is 2.57 bits per heavy atom. The van der Waals surface area contributed by atoms with E-state index in [4.69, 9.17) is 16.7 Å². The van der Waals surface area contributed by atoms with Crippen molar-refractivity contribution < 1.29 is 4.39 Å². The number of hydrogen-bond donors (Lipinski definition) is 2. The SMILES string of the molecule is CCc1cc(C#N)c(F)c(C(N)N)c1. The van der Waals surface area contributed by atoms with E-state index in [1.807, 2.05) is 6.92 Å². The molecule has 1 rings (SSSR count). The smallest absolute Gasteiger partial charge is 0.147 e. The van der Waals surface area contributed by atoms with E-state index in [1.165, 1.54) is 6.07 Å². The average Bonchev–Trinajstić information content (AvgIpc) is 2.17. The molecular formula is C10H12FN3. The van der Waals surface area contributed by atoms with Gasteiger partial charge >= 0.3 is 0 Å². The molecule has 0 atom stereocenters. The minimum absolute atomic E-state index is 0.000231. The molecule has 0 unspecified atom stereocenters. The van der Waals surface area contributed by atoms with Gasteiger partial charge in [0.25, 0.3) is 0 Å². The van der Waals surface area contributed by atoms with Crippen molar-refractivity contribution in [3.8, 4) is 6.07 Å². The molecule has 3 nitrogen and oxygen atoms in total. The van der Waals surface area contributed by atoms with E-state index in [1.54, 1.807) is 12.1 Å². The third-order valence-corrected chi connectivity index (χ3v) is 2.05. The van der Waals surface area contributed by atoms with Crippen molar-refractivity contribution in [3.63, 3.8) is 0 Å². The Morgan fingerprint density at radius 1 is 1.50 bits per heavy atom. The summed E-state index contributed by atoms with van der Waals surface area (Å²) in [6.45, 7) is 1.92. The highest BCUT2D eigenvalue weighted by atomic mass is 19.1. The van der Waals surface area contributed by atoms with Gasteiger partial charge in [0.15, 0.2) is 0 Å². The monoisotopic (exact) mass is 193 g/mol. The molecule has 14 heavy (non-hydrogen) atoms. The second kappa shape index (κ2) is 4.18. The van der Waals surface area contributed by atoms with E-state index in [-0.39, 0.29) is 11.1 Å². The molecule has 0 heterocycles. The molecule has 0 aliphatic rings. The van der Waals surface area contributed by atoms with E-state index >= 15 is 0 Å². The molecule has 1 aromatic carbocycles. The minimum atomic E-state index is -0.881. The van der Waals surface area contributed by atoms with Crippen LogP contribution >= 0.6 is 0 Å². The van der Waals surface area contributed by atoms with E-state index in [2.05, 4.69) is 0 Å². The zero-order valence-electron chi connectivity index (χ0n) is 7.92. The predicted molar refractivity (Wildman–Crippen MR) is 51.6 cm³/mol. The second-order valence-electron chi connectivity index (χ2n) is 3.04. The van der Waals surface area contributed by atoms with Gasteiger partial charge in [0.2, 0.25) is 0 Å². The Hall–Kier alpha value is -1.44. The second-order valence-corrected chi connectivity index (χ2v) is 3.04. The van der Waals surface area contributed by atoms with Gasteiger partial charge in [-0.15, -0.1) is 0 Å². The van der Waals surface area contributed by atoms with Gasteiger partial charge in [0.1, 0.15) is 11.9 Å². The average molecular weight is 193 g/mol. The van der Waals surface area contributed by atoms with Crippen LogP contribution in [-0.2, 0) is 6.42 Å². The van der Waals surface area contributed by atoms with Gasteiger partial charge in [-0.05, 0) is 24.1 Å². The lowest BCUT2D eigenvalue weighted by Crippen LogP contribution is -2.22. The Morgan fingerprint density at radius 2 is 2.14 bits per heavy atom. The van der Waals surface area contributed by atoms with Crippen molar-refractivity contribution in [1.82, 2.24) is 0 Å². The van der Waals surface area contributed by atoms with Gasteiger partial charge in [-0.1, -0.05) is 6.92 Å². The van der Waals surface area contributed by atoms with Gasteiger partial charge in [-0.2, -0.15) is 5.26 Å². The number of nitriles is 1. The standard InChI is InChI=1S/C10H12FN3/c1-2-6-3-7(5-12)9(11)8(4-6)10(13)14/h3-4,10H,2,13-14H2,1H3. The van der Waals surface area contributed by atoms with E-state index in [0.717, 1.165) is 5.56 Å². The van der Waals surface area contributed by atoms with Gasteiger partial charge < -0.3 is 11.5 Å². The van der Waals surface area contributed by atoms with Gasteiger partial charge in [0, 0.05) is 5.56 Å². The van der Waals surface area contributed by atoms with Crippen LogP contribution in [0.15, 0.2) is 12.1 Å². The Bertz CT molecular complexity index is 380. The summed E-state index contributed by atoms with van der Waals surface area (Å²) < 4.78 is 13.5. The number of aryl methyl sites for hydroxylation is 1. The summed E-state index contributed by atoms with van der Waals surface area (Å²) >= 11 is 0. The highest BCUT2D eigenvalue weighted by Crippen LogP contribution is 2.18. The molecule has 0 saturated heterocycles. The molecule has 0 saturated carbocycles. The van der Waals surface area contributed by atoms with Gasteiger partial charge in [-0.25, -0.2) is 4.39 Å². The summed E-state index contributed by atoms with van der Waals surface area (Å²) in [7, 11) is 0. The summed E-state index contributed by atoms with van der Waals surface area (Å²) in [5.41, 5.74) is 11.8. The lowest BCUT2D eigenvalue weighted by atomic mass is 10.0. The van der Waals surface area contributed by atoms with Crippen LogP contribution in [-0.4, -0.2) is 0 Å². The molecule has 4 heteroatoms. The fourth-order valence-electron chi connectivity index (χ4n) is 1.24. The van der Waals surface area contributed by atoms with Crippen LogP contribution in [0.2, 0.25) is 0 Å². The summed E-state index contributed by atoms with van der Waals surface area (Å²) in [5.74, 6) is -0.611. The quantitative estimate of drug-likeness (QED) is 0.692. The summed E-state index contributed by atoms with van der Waals surface area (Å²) in [6, 6.07) is 4.89. The van der Waals surface area contributed by atoms with Gasteiger partial charge in [-0.3, -0.25) is 0 Å². The van der Waals surface area contributed by atoms with Crippen LogP contribution in [0.4, 0.5) is 4.39 Å². The molecule has 0 radical (unpaired) electrons. The molecule has 0 aromatic heterocycles. The fraction of sp³-hybridized carbons (Fsp3) is 0.300. The van der Waals surface area contributed by atoms with Crippen LogP contribution in [0, 0.1) is 17.1 Å². The van der Waals surface area contributed by atoms with Crippen molar-refractivity contribution in [3.05, 3.63) is 34.6 Å². The van der Waals surface area contributed by atoms with Crippen molar-refractivity contribution in [2.75, 3.05) is 0 Å². The number of nitrogens with zero attached hydrogens (tertiary/aromatic N) is 1. The first-order valence-electron chi connectivity index (χ1n) is 4.33. The maximum absolute atomic E-state index is 13.5. The molecule has 74 valence electrons. The highest BCUT2D eigenvalue weighted by molar-refractivity contribution is 5.40. The maximum Gasteiger partial charge on any atom is 0.147 e. The lowest BCUT2D eigenvalue weighted by molar-refractivity contribution is 0.583. The first-order chi connectivity index (χ1) is 6.60. The van der Waals surface area contributed by atoms with Gasteiger partial charge in [0.05, 0.1) is 11.7 Å². The van der Waals surface area contributed by atoms with Crippen molar-refractivity contribution in [2.45, 2.75) is 19.5 Å². The van der Waals surface area contributed by atoms with Crippen LogP contribution in [0.25, 0.3) is 0 Å². The Labute approximate surface area is 82.1 Å². The van der Waals surface area contributed by atoms with Crippen molar-refractivity contribution in [1.29, 1.82) is 5.26 Å². The van der Waals surface area contributed by atoms with Crippen LogP contribution in [0.3, 0.4) is 0 Å². The first-order valence-corrected chi connectivity index (χ1v) is 4.33. The molecule has 0 aliphatic heterocycles. The Kier molecular flexibility index (Phi) is 3.18. The molecule has 0 bridgehead atoms. The van der Waals surface area contributed by atoms with Crippen molar-refractivity contribution >= 4 is 0 Å². The van der Waals surface area contributed by atoms with E-state index in [9.17, 15) is 4.39 Å². The number of benzene rings is 1. The normalized spacial score (nSPS) is 10.3. The van der Waals surface area contributed by atoms with Crippen LogP contribution in [0.1, 0.15) is 29.8 Å². The molecule has 0 spiro atoms. The summed E-state index contributed by atoms with van der Waals surface area (Å²) in [5, 5.41) is 8.67. The molecule has 0 fully saturated rings. The summed E-state index contributed by atoms with van der Waals surface area (Å²) in [6.07, 6.45) is -0.164. The fourth-order valence-corrected chi connectivity index (χ4v) is 1.24. The molecular weight excluding hydrogens is 181 g/mol. The molecule has 0 amide bonds. The van der Waals surface area contributed by atoms with E-state index in [0.29, 0.717) is 6.42 Å². The number of halogens is 1. The largest absolute Gasteiger partial charge is 0.312 e. The molecule has 0 aliphatic carbocycles. The molecule has 4 N–H and O–H groups in total. The topological polar surface area (TPSA) is 75.8 Å². The molecule has 1 aromatic rings. The predicted octanol–water partition coefficient (Wildman–Crippen LogP) is 1.18. The number of rotatable bonds is 2. The Balaban J connectivity index is 3.36. The zero-order valence-corrected chi connectivity index (χ0v) is 7.92. The lowest BCUT2D eigenvalue weighted by Gasteiger charge is -2.10. The summed E-state index contributed by atoms with van der Waals surface area (Å²) in [4.78, 5) is 0. The third kappa shape index (κ3) is 1.90. The van der Waals surface area contributed by atoms with Crippen LogP contribution in [0.5, 0.6) is 0 Å². The number of hydrogen-bond acceptors (Lipinski definition) is 3. The zero-order chi connectivity index (χ0) is 10.7. The first kappa shape index (κ1) is 10.6. The van der Waals surface area contributed by atoms with Crippen molar-refractivity contribution in [2.24, 2.45) is 11.5 Å². The highest BCUT2D eigenvalue weighted by Gasteiger charge is 2.13. The minimum Gasteiger partial charge on any atom is -0.312 e. The third-order valence-electron chi connectivity index (χ3n) is 2.05. The van der Waals surface area contributed by atoms with Crippen LogP contribution < -0.4 is 11.5 Å². The van der Waals surface area contributed by atoms with E-state index < -0.39 is 12.0 Å².